The first-order chi connectivity index (χ1) is 8.71. The molecular formula is C14H21NO3. The lowest BCUT2D eigenvalue weighted by Crippen LogP contribution is -2.00. The van der Waals surface area contributed by atoms with Gasteiger partial charge in [0.25, 0.3) is 0 Å². The second-order valence-corrected chi connectivity index (χ2v) is 4.17. The fourth-order valence-electron chi connectivity index (χ4n) is 1.58. The SMILES string of the molecule is CCCOc1cc(CC/C(C)=N/O)ccc1OC. The molecule has 4 nitrogen and oxygen atoms in total. The third-order valence-corrected chi connectivity index (χ3v) is 2.64. The van der Waals surface area contributed by atoms with Crippen LogP contribution in [0.2, 0.25) is 0 Å². The second kappa shape index (κ2) is 7.58. The molecule has 1 aromatic rings. The van der Waals surface area contributed by atoms with E-state index in [9.17, 15) is 0 Å². The highest BCUT2D eigenvalue weighted by Gasteiger charge is 2.06. The summed E-state index contributed by atoms with van der Waals surface area (Å²) in [7, 11) is 1.64. The van der Waals surface area contributed by atoms with E-state index < -0.39 is 0 Å². The van der Waals surface area contributed by atoms with Crippen molar-refractivity contribution in [3.63, 3.8) is 0 Å². The van der Waals surface area contributed by atoms with Crippen LogP contribution in [0.1, 0.15) is 32.3 Å². The number of hydrogen-bond donors (Lipinski definition) is 1. The first-order valence-electron chi connectivity index (χ1n) is 6.18. The Morgan fingerprint density at radius 3 is 2.72 bits per heavy atom. The Morgan fingerprint density at radius 2 is 2.11 bits per heavy atom. The van der Waals surface area contributed by atoms with E-state index in [1.165, 1.54) is 0 Å². The summed E-state index contributed by atoms with van der Waals surface area (Å²) in [5.41, 5.74) is 1.87. The third kappa shape index (κ3) is 4.28. The highest BCUT2D eigenvalue weighted by atomic mass is 16.5. The van der Waals surface area contributed by atoms with E-state index in [2.05, 4.69) is 12.1 Å². The van der Waals surface area contributed by atoms with Crippen molar-refractivity contribution < 1.29 is 14.7 Å². The Morgan fingerprint density at radius 1 is 1.33 bits per heavy atom. The lowest BCUT2D eigenvalue weighted by atomic mass is 10.1. The molecule has 0 aliphatic rings. The van der Waals surface area contributed by atoms with Crippen LogP contribution in [0.3, 0.4) is 0 Å². The maximum Gasteiger partial charge on any atom is 0.161 e. The highest BCUT2D eigenvalue weighted by Crippen LogP contribution is 2.28. The number of nitrogens with zero attached hydrogens (tertiary/aromatic N) is 1. The van der Waals surface area contributed by atoms with Gasteiger partial charge in [0, 0.05) is 0 Å². The maximum atomic E-state index is 8.61. The molecule has 100 valence electrons. The number of hydrogen-bond acceptors (Lipinski definition) is 4. The van der Waals surface area contributed by atoms with Crippen molar-refractivity contribution in [1.82, 2.24) is 0 Å². The molecule has 0 aliphatic carbocycles. The zero-order valence-electron chi connectivity index (χ0n) is 11.3. The summed E-state index contributed by atoms with van der Waals surface area (Å²) in [4.78, 5) is 0. The van der Waals surface area contributed by atoms with Crippen LogP contribution in [0.4, 0.5) is 0 Å². The summed E-state index contributed by atoms with van der Waals surface area (Å²) in [6.07, 6.45) is 2.52. The van der Waals surface area contributed by atoms with Gasteiger partial charge in [0.05, 0.1) is 19.4 Å². The fourth-order valence-corrected chi connectivity index (χ4v) is 1.58. The molecule has 1 N–H and O–H groups in total. The van der Waals surface area contributed by atoms with Gasteiger partial charge < -0.3 is 14.7 Å². The van der Waals surface area contributed by atoms with Crippen molar-refractivity contribution in [2.75, 3.05) is 13.7 Å². The van der Waals surface area contributed by atoms with Crippen LogP contribution in [0.25, 0.3) is 0 Å². The largest absolute Gasteiger partial charge is 0.493 e. The number of methoxy groups -OCH3 is 1. The van der Waals surface area contributed by atoms with Gasteiger partial charge in [-0.15, -0.1) is 0 Å². The van der Waals surface area contributed by atoms with Crippen molar-refractivity contribution in [1.29, 1.82) is 0 Å². The summed E-state index contributed by atoms with van der Waals surface area (Å²) in [6.45, 7) is 4.55. The number of ether oxygens (including phenoxy) is 2. The Balaban J connectivity index is 2.75. The zero-order valence-corrected chi connectivity index (χ0v) is 11.3. The van der Waals surface area contributed by atoms with Gasteiger partial charge >= 0.3 is 0 Å². The van der Waals surface area contributed by atoms with Gasteiger partial charge in [-0.1, -0.05) is 18.1 Å². The van der Waals surface area contributed by atoms with Crippen LogP contribution in [-0.4, -0.2) is 24.6 Å². The van der Waals surface area contributed by atoms with Crippen LogP contribution in [0.5, 0.6) is 11.5 Å². The predicted octanol–water partition coefficient (Wildman–Crippen LogP) is 3.27. The highest BCUT2D eigenvalue weighted by molar-refractivity contribution is 5.81. The Labute approximate surface area is 108 Å². The van der Waals surface area contributed by atoms with Crippen LogP contribution >= 0.6 is 0 Å². The monoisotopic (exact) mass is 251 g/mol. The lowest BCUT2D eigenvalue weighted by molar-refractivity contribution is 0.294. The van der Waals surface area contributed by atoms with Gasteiger partial charge in [0.15, 0.2) is 11.5 Å². The summed E-state index contributed by atoms with van der Waals surface area (Å²) in [6, 6.07) is 5.90. The van der Waals surface area contributed by atoms with E-state index in [4.69, 9.17) is 14.7 Å². The van der Waals surface area contributed by atoms with Gasteiger partial charge in [0.1, 0.15) is 0 Å². The molecule has 0 radical (unpaired) electrons. The van der Waals surface area contributed by atoms with Crippen molar-refractivity contribution in [3.8, 4) is 11.5 Å². The number of oxime groups is 1. The van der Waals surface area contributed by atoms with E-state index >= 15 is 0 Å². The minimum atomic E-state index is 0.678. The van der Waals surface area contributed by atoms with Crippen LogP contribution < -0.4 is 9.47 Å². The normalized spacial score (nSPS) is 11.4. The van der Waals surface area contributed by atoms with Gasteiger partial charge in [-0.25, -0.2) is 0 Å². The molecule has 0 bridgehead atoms. The van der Waals surface area contributed by atoms with E-state index in [0.717, 1.165) is 42.0 Å². The molecule has 1 rings (SSSR count). The molecule has 0 heterocycles. The Hall–Kier alpha value is -1.71. The molecule has 4 heteroatoms. The summed E-state index contributed by atoms with van der Waals surface area (Å²) < 4.78 is 10.9. The van der Waals surface area contributed by atoms with Gasteiger partial charge in [-0.3, -0.25) is 0 Å². The molecule has 0 amide bonds. The van der Waals surface area contributed by atoms with Crippen LogP contribution in [-0.2, 0) is 6.42 Å². The summed E-state index contributed by atoms with van der Waals surface area (Å²) in [5, 5.41) is 11.8. The van der Waals surface area contributed by atoms with E-state index in [1.54, 1.807) is 14.0 Å². The van der Waals surface area contributed by atoms with E-state index in [1.807, 2.05) is 18.2 Å². The Kier molecular flexibility index (Phi) is 6.05. The third-order valence-electron chi connectivity index (χ3n) is 2.64. The van der Waals surface area contributed by atoms with Crippen LogP contribution in [0, 0.1) is 0 Å². The number of benzene rings is 1. The molecule has 0 fully saturated rings. The standard InChI is InChI=1S/C14H21NO3/c1-4-9-18-14-10-12(6-5-11(2)15-16)7-8-13(14)17-3/h7-8,10,16H,4-6,9H2,1-3H3/b15-11+. The van der Waals surface area contributed by atoms with Gasteiger partial charge in [-0.2, -0.15) is 0 Å². The molecule has 0 aromatic heterocycles. The molecule has 0 saturated carbocycles. The molecule has 0 saturated heterocycles. The fraction of sp³-hybridized carbons (Fsp3) is 0.500. The average molecular weight is 251 g/mol. The average Bonchev–Trinajstić information content (AvgIpc) is 2.42. The molecule has 18 heavy (non-hydrogen) atoms. The Bertz CT molecular complexity index is 402. The van der Waals surface area contributed by atoms with Crippen molar-refractivity contribution in [2.24, 2.45) is 5.16 Å². The van der Waals surface area contributed by atoms with Crippen molar-refractivity contribution >= 4 is 5.71 Å². The topological polar surface area (TPSA) is 51.0 Å². The quantitative estimate of drug-likeness (QED) is 0.459. The number of rotatable bonds is 7. The first kappa shape index (κ1) is 14.4. The maximum absolute atomic E-state index is 8.61. The minimum absolute atomic E-state index is 0.678. The summed E-state index contributed by atoms with van der Waals surface area (Å²) in [5.74, 6) is 1.52. The van der Waals surface area contributed by atoms with Crippen molar-refractivity contribution in [3.05, 3.63) is 23.8 Å². The molecule has 1 aromatic carbocycles. The second-order valence-electron chi connectivity index (χ2n) is 4.17. The van der Waals surface area contributed by atoms with Crippen molar-refractivity contribution in [2.45, 2.75) is 33.1 Å². The molecule has 0 unspecified atom stereocenters. The lowest BCUT2D eigenvalue weighted by Gasteiger charge is -2.11. The molecule has 0 spiro atoms. The predicted molar refractivity (Wildman–Crippen MR) is 72.0 cm³/mol. The molecule has 0 aliphatic heterocycles. The summed E-state index contributed by atoms with van der Waals surface area (Å²) >= 11 is 0. The number of aryl methyl sites for hydroxylation is 1. The minimum Gasteiger partial charge on any atom is -0.493 e. The van der Waals surface area contributed by atoms with E-state index in [0.29, 0.717) is 6.61 Å². The van der Waals surface area contributed by atoms with Crippen LogP contribution in [0.15, 0.2) is 23.4 Å². The first-order valence-corrected chi connectivity index (χ1v) is 6.18. The van der Waals surface area contributed by atoms with Gasteiger partial charge in [-0.05, 0) is 43.9 Å². The smallest absolute Gasteiger partial charge is 0.161 e. The van der Waals surface area contributed by atoms with E-state index in [-0.39, 0.29) is 0 Å². The van der Waals surface area contributed by atoms with Gasteiger partial charge in [0.2, 0.25) is 0 Å². The zero-order chi connectivity index (χ0) is 13.4. The molecule has 0 atom stereocenters. The molecular weight excluding hydrogens is 230 g/mol.